The third-order valence-corrected chi connectivity index (χ3v) is 2.46. The lowest BCUT2D eigenvalue weighted by Gasteiger charge is -2.14. The minimum absolute atomic E-state index is 0.0359. The zero-order valence-electron chi connectivity index (χ0n) is 8.49. The SMILES string of the molecule is OCCC(CO)NCc1ccc(Cl)cc1. The van der Waals surface area contributed by atoms with Crippen LogP contribution in [0.3, 0.4) is 0 Å². The summed E-state index contributed by atoms with van der Waals surface area (Å²) in [5, 5.41) is 21.6. The van der Waals surface area contributed by atoms with Crippen LogP contribution in [-0.4, -0.2) is 29.5 Å². The van der Waals surface area contributed by atoms with Crippen molar-refractivity contribution in [3.8, 4) is 0 Å². The van der Waals surface area contributed by atoms with E-state index >= 15 is 0 Å². The maximum absolute atomic E-state index is 8.98. The number of aliphatic hydroxyl groups excluding tert-OH is 2. The second-order valence-electron chi connectivity index (χ2n) is 3.40. The predicted molar refractivity (Wildman–Crippen MR) is 60.9 cm³/mol. The van der Waals surface area contributed by atoms with Crippen molar-refractivity contribution in [1.29, 1.82) is 0 Å². The van der Waals surface area contributed by atoms with Crippen LogP contribution in [0.2, 0.25) is 5.02 Å². The largest absolute Gasteiger partial charge is 0.396 e. The first-order chi connectivity index (χ1) is 7.26. The fourth-order valence-electron chi connectivity index (χ4n) is 1.28. The van der Waals surface area contributed by atoms with Gasteiger partial charge in [0, 0.05) is 24.2 Å². The molecule has 0 fully saturated rings. The molecule has 1 atom stereocenters. The van der Waals surface area contributed by atoms with E-state index in [4.69, 9.17) is 21.8 Å². The van der Waals surface area contributed by atoms with Crippen molar-refractivity contribution in [2.24, 2.45) is 0 Å². The maximum atomic E-state index is 8.98. The quantitative estimate of drug-likeness (QED) is 0.687. The molecule has 84 valence electrons. The zero-order valence-corrected chi connectivity index (χ0v) is 9.24. The number of benzene rings is 1. The molecule has 0 aliphatic carbocycles. The van der Waals surface area contributed by atoms with Gasteiger partial charge >= 0.3 is 0 Å². The number of hydrogen-bond acceptors (Lipinski definition) is 3. The minimum Gasteiger partial charge on any atom is -0.396 e. The molecule has 0 bridgehead atoms. The smallest absolute Gasteiger partial charge is 0.0585 e. The summed E-state index contributed by atoms with van der Waals surface area (Å²) < 4.78 is 0. The first-order valence-corrected chi connectivity index (χ1v) is 5.33. The molecule has 0 aliphatic heterocycles. The van der Waals surface area contributed by atoms with Gasteiger partial charge in [0.2, 0.25) is 0 Å². The molecule has 3 nitrogen and oxygen atoms in total. The van der Waals surface area contributed by atoms with Crippen molar-refractivity contribution in [3.63, 3.8) is 0 Å². The lowest BCUT2D eigenvalue weighted by Crippen LogP contribution is -2.32. The molecule has 0 spiro atoms. The molecular formula is C11H16ClNO2. The number of rotatable bonds is 6. The number of hydrogen-bond donors (Lipinski definition) is 3. The van der Waals surface area contributed by atoms with Crippen LogP contribution < -0.4 is 5.32 Å². The van der Waals surface area contributed by atoms with Gasteiger partial charge in [-0.3, -0.25) is 0 Å². The van der Waals surface area contributed by atoms with Crippen LogP contribution in [0.15, 0.2) is 24.3 Å². The first-order valence-electron chi connectivity index (χ1n) is 4.96. The molecule has 0 aliphatic rings. The Labute approximate surface area is 94.7 Å². The van der Waals surface area contributed by atoms with E-state index in [1.165, 1.54) is 0 Å². The van der Waals surface area contributed by atoms with Gasteiger partial charge in [0.15, 0.2) is 0 Å². The first kappa shape index (κ1) is 12.5. The molecule has 3 N–H and O–H groups in total. The topological polar surface area (TPSA) is 52.5 Å². The molecule has 15 heavy (non-hydrogen) atoms. The van der Waals surface area contributed by atoms with Crippen molar-refractivity contribution < 1.29 is 10.2 Å². The highest BCUT2D eigenvalue weighted by molar-refractivity contribution is 6.30. The number of aliphatic hydroxyl groups is 2. The van der Waals surface area contributed by atoms with Gasteiger partial charge in [-0.2, -0.15) is 0 Å². The fraction of sp³-hybridized carbons (Fsp3) is 0.455. The van der Waals surface area contributed by atoms with Crippen LogP contribution >= 0.6 is 11.6 Å². The second kappa shape index (κ2) is 6.80. The van der Waals surface area contributed by atoms with Gasteiger partial charge in [-0.25, -0.2) is 0 Å². The van der Waals surface area contributed by atoms with Crippen molar-refractivity contribution in [1.82, 2.24) is 5.32 Å². The normalized spacial score (nSPS) is 12.7. The third-order valence-electron chi connectivity index (χ3n) is 2.21. The summed E-state index contributed by atoms with van der Waals surface area (Å²) in [6.07, 6.45) is 0.560. The van der Waals surface area contributed by atoms with Crippen molar-refractivity contribution in [2.45, 2.75) is 19.0 Å². The Hall–Kier alpha value is -0.610. The van der Waals surface area contributed by atoms with Crippen molar-refractivity contribution in [2.75, 3.05) is 13.2 Å². The lowest BCUT2D eigenvalue weighted by molar-refractivity contribution is 0.200. The van der Waals surface area contributed by atoms with E-state index in [-0.39, 0.29) is 19.3 Å². The van der Waals surface area contributed by atoms with Gasteiger partial charge in [-0.05, 0) is 24.1 Å². The standard InChI is InChI=1S/C11H16ClNO2/c12-10-3-1-9(2-4-10)7-13-11(8-15)5-6-14/h1-4,11,13-15H,5-8H2. The van der Waals surface area contributed by atoms with Crippen LogP contribution in [-0.2, 0) is 6.54 Å². The Morgan fingerprint density at radius 2 is 1.87 bits per heavy atom. The van der Waals surface area contributed by atoms with E-state index < -0.39 is 0 Å². The molecule has 0 saturated heterocycles. The summed E-state index contributed by atoms with van der Waals surface area (Å²) in [6.45, 7) is 0.787. The molecule has 0 amide bonds. The molecule has 1 rings (SSSR count). The van der Waals surface area contributed by atoms with Gasteiger partial charge in [0.05, 0.1) is 6.61 Å². The Balaban J connectivity index is 2.38. The Morgan fingerprint density at radius 3 is 2.40 bits per heavy atom. The highest BCUT2D eigenvalue weighted by atomic mass is 35.5. The molecule has 0 aromatic heterocycles. The molecule has 0 radical (unpaired) electrons. The lowest BCUT2D eigenvalue weighted by atomic mass is 10.2. The van der Waals surface area contributed by atoms with Gasteiger partial charge in [-0.15, -0.1) is 0 Å². The Kier molecular flexibility index (Phi) is 5.65. The third kappa shape index (κ3) is 4.62. The predicted octanol–water partition coefficient (Wildman–Crippen LogP) is 1.17. The molecule has 1 aromatic rings. The number of nitrogens with one attached hydrogen (secondary N) is 1. The monoisotopic (exact) mass is 229 g/mol. The van der Waals surface area contributed by atoms with E-state index in [0.717, 1.165) is 5.56 Å². The minimum atomic E-state index is -0.0503. The van der Waals surface area contributed by atoms with Crippen LogP contribution in [0.1, 0.15) is 12.0 Å². The molecule has 0 heterocycles. The molecule has 1 aromatic carbocycles. The second-order valence-corrected chi connectivity index (χ2v) is 3.84. The summed E-state index contributed by atoms with van der Waals surface area (Å²) in [5.41, 5.74) is 1.11. The zero-order chi connectivity index (χ0) is 11.1. The highest BCUT2D eigenvalue weighted by Crippen LogP contribution is 2.09. The van der Waals surface area contributed by atoms with Crippen LogP contribution in [0.5, 0.6) is 0 Å². The Morgan fingerprint density at radius 1 is 1.20 bits per heavy atom. The molecule has 0 saturated carbocycles. The summed E-state index contributed by atoms with van der Waals surface area (Å²) >= 11 is 5.76. The van der Waals surface area contributed by atoms with Gasteiger partial charge in [-0.1, -0.05) is 23.7 Å². The summed E-state index contributed by atoms with van der Waals surface area (Å²) in [7, 11) is 0. The maximum Gasteiger partial charge on any atom is 0.0585 e. The van der Waals surface area contributed by atoms with E-state index in [0.29, 0.717) is 18.0 Å². The summed E-state index contributed by atoms with van der Waals surface area (Å²) in [6, 6.07) is 7.48. The van der Waals surface area contributed by atoms with Gasteiger partial charge < -0.3 is 15.5 Å². The average molecular weight is 230 g/mol. The Bertz CT molecular complexity index is 276. The van der Waals surface area contributed by atoms with E-state index in [9.17, 15) is 0 Å². The van der Waals surface area contributed by atoms with Crippen LogP contribution in [0, 0.1) is 0 Å². The van der Waals surface area contributed by atoms with Gasteiger partial charge in [0.1, 0.15) is 0 Å². The van der Waals surface area contributed by atoms with Crippen LogP contribution in [0.25, 0.3) is 0 Å². The van der Waals surface area contributed by atoms with Gasteiger partial charge in [0.25, 0.3) is 0 Å². The van der Waals surface area contributed by atoms with E-state index in [2.05, 4.69) is 5.32 Å². The van der Waals surface area contributed by atoms with E-state index in [1.807, 2.05) is 24.3 Å². The van der Waals surface area contributed by atoms with E-state index in [1.54, 1.807) is 0 Å². The summed E-state index contributed by atoms with van der Waals surface area (Å²) in [4.78, 5) is 0. The highest BCUT2D eigenvalue weighted by Gasteiger charge is 2.05. The fourth-order valence-corrected chi connectivity index (χ4v) is 1.40. The summed E-state index contributed by atoms with van der Waals surface area (Å²) in [5.74, 6) is 0. The number of halogens is 1. The molecular weight excluding hydrogens is 214 g/mol. The van der Waals surface area contributed by atoms with Crippen molar-refractivity contribution >= 4 is 11.6 Å². The van der Waals surface area contributed by atoms with Crippen molar-refractivity contribution in [3.05, 3.63) is 34.9 Å². The average Bonchev–Trinajstić information content (AvgIpc) is 2.26. The molecule has 4 heteroatoms. The molecule has 1 unspecified atom stereocenters. The van der Waals surface area contributed by atoms with Crippen LogP contribution in [0.4, 0.5) is 0 Å².